The maximum atomic E-state index is 6.29. The van der Waals surface area contributed by atoms with Crippen molar-refractivity contribution in [3.8, 4) is 33.8 Å². The first-order chi connectivity index (χ1) is 13.9. The molecule has 6 aromatic rings. The highest BCUT2D eigenvalue weighted by Gasteiger charge is 2.35. The third kappa shape index (κ3) is 1.88. The zero-order chi connectivity index (χ0) is 18.2. The first kappa shape index (κ1) is 14.4. The van der Waals surface area contributed by atoms with E-state index in [2.05, 4.69) is 42.5 Å². The summed E-state index contributed by atoms with van der Waals surface area (Å²) < 4.78 is 17.8. The van der Waals surface area contributed by atoms with Crippen LogP contribution in [0.5, 0.6) is 11.5 Å². The molecule has 3 nitrogen and oxygen atoms in total. The van der Waals surface area contributed by atoms with E-state index in [-0.39, 0.29) is 0 Å². The van der Waals surface area contributed by atoms with E-state index in [0.29, 0.717) is 0 Å². The van der Waals surface area contributed by atoms with Gasteiger partial charge in [0.15, 0.2) is 11.3 Å². The summed E-state index contributed by atoms with van der Waals surface area (Å²) in [5.74, 6) is 1.54. The van der Waals surface area contributed by atoms with Crippen LogP contribution in [-0.2, 0) is 6.42 Å². The molecular weight excluding hydrogens is 348 g/mol. The van der Waals surface area contributed by atoms with Crippen LogP contribution in [0.4, 0.5) is 0 Å². The van der Waals surface area contributed by atoms with Gasteiger partial charge in [-0.1, -0.05) is 60.7 Å². The molecule has 0 saturated heterocycles. The number of benzene rings is 4. The van der Waals surface area contributed by atoms with E-state index in [1.807, 2.05) is 30.3 Å². The molecule has 2 heterocycles. The molecule has 0 unspecified atom stereocenters. The molecule has 0 bridgehead atoms. The van der Waals surface area contributed by atoms with Gasteiger partial charge in [-0.05, 0) is 46.4 Å². The van der Waals surface area contributed by atoms with Gasteiger partial charge in [-0.25, -0.2) is 0 Å². The molecule has 0 saturated carbocycles. The second-order valence-electron chi connectivity index (χ2n) is 7.31. The molecule has 7 rings (SSSR count). The van der Waals surface area contributed by atoms with Gasteiger partial charge in [0.1, 0.15) is 5.75 Å². The van der Waals surface area contributed by atoms with E-state index in [1.54, 1.807) is 0 Å². The first-order valence-corrected chi connectivity index (χ1v) is 9.41. The summed E-state index contributed by atoms with van der Waals surface area (Å²) in [7, 11) is 0. The van der Waals surface area contributed by atoms with Crippen LogP contribution in [0, 0.1) is 0 Å². The van der Waals surface area contributed by atoms with Gasteiger partial charge in [0.25, 0.3) is 0 Å². The molecular formula is C25H14O3. The molecule has 132 valence electrons. The van der Waals surface area contributed by atoms with Crippen LogP contribution in [0.2, 0.25) is 0 Å². The molecule has 1 aliphatic rings. The van der Waals surface area contributed by atoms with E-state index in [9.17, 15) is 0 Å². The predicted octanol–water partition coefficient (Wildman–Crippen LogP) is 7.09. The van der Waals surface area contributed by atoms with Gasteiger partial charge in [-0.2, -0.15) is 0 Å². The number of fused-ring (bicyclic) bond motifs is 6. The maximum absolute atomic E-state index is 6.29. The molecule has 0 atom stereocenters. The van der Waals surface area contributed by atoms with E-state index in [0.717, 1.165) is 51.4 Å². The quantitative estimate of drug-likeness (QED) is 0.337. The lowest BCUT2D eigenvalue weighted by Crippen LogP contribution is -1.91. The Bertz CT molecular complexity index is 1450. The van der Waals surface area contributed by atoms with Gasteiger partial charge >= 0.3 is 0 Å². The van der Waals surface area contributed by atoms with Crippen LogP contribution in [0.25, 0.3) is 44.6 Å². The van der Waals surface area contributed by atoms with Gasteiger partial charge in [-0.15, -0.1) is 0 Å². The number of rotatable bonds is 3. The Morgan fingerprint density at radius 1 is 0.607 bits per heavy atom. The molecule has 3 heteroatoms. The second-order valence-corrected chi connectivity index (χ2v) is 7.31. The van der Waals surface area contributed by atoms with Crippen molar-refractivity contribution in [1.82, 2.24) is 0 Å². The Morgan fingerprint density at radius 2 is 1.32 bits per heavy atom. The largest absolute Gasteiger partial charge is 0.452 e. The van der Waals surface area contributed by atoms with Gasteiger partial charge in [0.2, 0.25) is 16.7 Å². The third-order valence-corrected chi connectivity index (χ3v) is 5.69. The van der Waals surface area contributed by atoms with Crippen molar-refractivity contribution in [2.45, 2.75) is 6.42 Å². The number of ether oxygens (including phenoxy) is 1. The zero-order valence-electron chi connectivity index (χ0n) is 14.9. The lowest BCUT2D eigenvalue weighted by molar-refractivity contribution is 0.485. The van der Waals surface area contributed by atoms with Crippen LogP contribution >= 0.6 is 0 Å². The van der Waals surface area contributed by atoms with Crippen molar-refractivity contribution in [2.24, 2.45) is 0 Å². The summed E-state index contributed by atoms with van der Waals surface area (Å²) in [5, 5.41) is 0. The van der Waals surface area contributed by atoms with Crippen LogP contribution < -0.4 is 4.74 Å². The molecule has 28 heavy (non-hydrogen) atoms. The number of hydrogen-bond donors (Lipinski definition) is 0. The highest BCUT2D eigenvalue weighted by atomic mass is 16.5. The lowest BCUT2D eigenvalue weighted by atomic mass is 9.95. The van der Waals surface area contributed by atoms with E-state index >= 15 is 0 Å². The Labute approximate surface area is 160 Å². The van der Waals surface area contributed by atoms with Crippen LogP contribution in [0.15, 0.2) is 81.6 Å². The Kier molecular flexibility index (Phi) is 2.54. The molecule has 0 N–H and O–H groups in total. The van der Waals surface area contributed by atoms with Crippen LogP contribution in [0.1, 0.15) is 11.1 Å². The lowest BCUT2D eigenvalue weighted by Gasteiger charge is -2.11. The molecule has 2 aromatic heterocycles. The Balaban J connectivity index is 1.46. The van der Waals surface area contributed by atoms with E-state index in [1.165, 1.54) is 22.3 Å². The van der Waals surface area contributed by atoms with Crippen molar-refractivity contribution >= 4 is 22.3 Å². The average molecular weight is 362 g/mol. The molecule has 0 radical (unpaired) electrons. The predicted molar refractivity (Wildman–Crippen MR) is 109 cm³/mol. The molecule has 4 aromatic carbocycles. The molecule has 0 amide bonds. The Hall–Kier alpha value is -3.72. The molecule has 0 spiro atoms. The second kappa shape index (κ2) is 4.96. The smallest absolute Gasteiger partial charge is 0.220 e. The first-order valence-electron chi connectivity index (χ1n) is 9.41. The molecule has 0 aliphatic heterocycles. The summed E-state index contributed by atoms with van der Waals surface area (Å²) in [5.41, 5.74) is 10.8. The highest BCUT2D eigenvalue weighted by molar-refractivity contribution is 6.17. The van der Waals surface area contributed by atoms with Crippen molar-refractivity contribution in [2.75, 3.05) is 0 Å². The third-order valence-electron chi connectivity index (χ3n) is 5.69. The fraction of sp³-hybridized carbons (Fsp3) is 0.0400. The monoisotopic (exact) mass is 362 g/mol. The summed E-state index contributed by atoms with van der Waals surface area (Å²) in [6.45, 7) is 0. The van der Waals surface area contributed by atoms with Gasteiger partial charge in [0, 0.05) is 0 Å². The minimum atomic E-state index is 0.752. The molecule has 0 fully saturated rings. The standard InChI is InChI=1S/C25H14O3/c1-2-8-15(9-3-1)26-21-20(22-24(27-22)25-23(21)28-25)18-12-6-11-17-16-10-5-4-7-14(16)13-19(17)18/h1-12H,13H2. The topological polar surface area (TPSA) is 35.5 Å². The summed E-state index contributed by atoms with van der Waals surface area (Å²) in [4.78, 5) is 0. The van der Waals surface area contributed by atoms with Crippen LogP contribution in [0.3, 0.4) is 0 Å². The van der Waals surface area contributed by atoms with Gasteiger partial charge in [-0.3, -0.25) is 0 Å². The van der Waals surface area contributed by atoms with Crippen molar-refractivity contribution in [1.29, 1.82) is 0 Å². The van der Waals surface area contributed by atoms with E-state index < -0.39 is 0 Å². The minimum Gasteiger partial charge on any atom is -0.452 e. The van der Waals surface area contributed by atoms with Crippen molar-refractivity contribution in [3.63, 3.8) is 0 Å². The zero-order valence-corrected chi connectivity index (χ0v) is 14.9. The number of hydrogen-bond acceptors (Lipinski definition) is 3. The fourth-order valence-electron chi connectivity index (χ4n) is 4.32. The Morgan fingerprint density at radius 3 is 2.25 bits per heavy atom. The maximum Gasteiger partial charge on any atom is 0.220 e. The van der Waals surface area contributed by atoms with Crippen molar-refractivity contribution < 1.29 is 13.6 Å². The highest BCUT2D eigenvalue weighted by Crippen LogP contribution is 2.56. The van der Waals surface area contributed by atoms with E-state index in [4.69, 9.17) is 13.6 Å². The summed E-state index contributed by atoms with van der Waals surface area (Å²) in [6.07, 6.45) is 0.916. The normalized spacial score (nSPS) is 12.9. The van der Waals surface area contributed by atoms with Crippen LogP contribution in [-0.4, -0.2) is 0 Å². The van der Waals surface area contributed by atoms with Crippen molar-refractivity contribution in [3.05, 3.63) is 83.9 Å². The SMILES string of the molecule is c1ccc(Oc2c(-c3cccc4c3Cc3ccccc3-4)c3oc3c3oc23)cc1. The van der Waals surface area contributed by atoms with Gasteiger partial charge in [0.05, 0.1) is 5.56 Å². The number of para-hydroxylation sites is 1. The molecule has 1 aliphatic carbocycles. The average Bonchev–Trinajstić information content (AvgIpc) is 3.63. The van der Waals surface area contributed by atoms with Gasteiger partial charge < -0.3 is 13.6 Å². The minimum absolute atomic E-state index is 0.752. The fourth-order valence-corrected chi connectivity index (χ4v) is 4.32. The summed E-state index contributed by atoms with van der Waals surface area (Å²) >= 11 is 0. The summed E-state index contributed by atoms with van der Waals surface area (Å²) in [6, 6.07) is 24.9.